The van der Waals surface area contributed by atoms with Crippen molar-refractivity contribution in [1.29, 1.82) is 0 Å². The Morgan fingerprint density at radius 2 is 2.00 bits per heavy atom. The van der Waals surface area contributed by atoms with Crippen LogP contribution in [0.15, 0.2) is 47.8 Å². The minimum absolute atomic E-state index is 0.0457. The molecule has 0 aliphatic carbocycles. The number of ether oxygens (including phenoxy) is 1. The van der Waals surface area contributed by atoms with Gasteiger partial charge in [0.15, 0.2) is 0 Å². The van der Waals surface area contributed by atoms with E-state index in [4.69, 9.17) is 16.3 Å². The Bertz CT molecular complexity index is 923. The van der Waals surface area contributed by atoms with Crippen LogP contribution in [0, 0.1) is 5.82 Å². The first-order valence-corrected chi connectivity index (χ1v) is 9.62. The first-order valence-electron chi connectivity index (χ1n) is 8.36. The predicted molar refractivity (Wildman–Crippen MR) is 106 cm³/mol. The predicted octanol–water partition coefficient (Wildman–Crippen LogP) is 5.27. The van der Waals surface area contributed by atoms with E-state index < -0.39 is 5.82 Å². The molecule has 140 valence electrons. The summed E-state index contributed by atoms with van der Waals surface area (Å²) in [6, 6.07) is 11.8. The Hall–Kier alpha value is -2.44. The number of thiazole rings is 1. The summed E-state index contributed by atoms with van der Waals surface area (Å²) in [5, 5.41) is 2.85. The van der Waals surface area contributed by atoms with E-state index in [-0.39, 0.29) is 12.5 Å². The van der Waals surface area contributed by atoms with Crippen LogP contribution < -0.4 is 4.74 Å². The summed E-state index contributed by atoms with van der Waals surface area (Å²) in [6.45, 7) is 2.59. The lowest BCUT2D eigenvalue weighted by Gasteiger charge is -2.11. The highest BCUT2D eigenvalue weighted by atomic mass is 35.5. The van der Waals surface area contributed by atoms with E-state index >= 15 is 0 Å². The van der Waals surface area contributed by atoms with Gasteiger partial charge in [-0.25, -0.2) is 9.37 Å². The number of benzene rings is 2. The third-order valence-corrected chi connectivity index (χ3v) is 5.34. The molecule has 0 unspecified atom stereocenters. The van der Waals surface area contributed by atoms with Crippen LogP contribution in [0.5, 0.6) is 5.75 Å². The van der Waals surface area contributed by atoms with Gasteiger partial charge in [0.1, 0.15) is 28.9 Å². The van der Waals surface area contributed by atoms with Crippen molar-refractivity contribution in [2.75, 3.05) is 13.6 Å². The SMILES string of the molecule is CCN(C)C(=O)c1csc(-c2ccc(OCc3c(F)cccc3Cl)cc2)n1. The van der Waals surface area contributed by atoms with Crippen LogP contribution in [0.4, 0.5) is 4.39 Å². The summed E-state index contributed by atoms with van der Waals surface area (Å²) in [5.74, 6) is 0.106. The summed E-state index contributed by atoms with van der Waals surface area (Å²) in [7, 11) is 1.75. The van der Waals surface area contributed by atoms with E-state index in [1.54, 1.807) is 41.6 Å². The van der Waals surface area contributed by atoms with Crippen LogP contribution in [0.1, 0.15) is 23.0 Å². The van der Waals surface area contributed by atoms with E-state index in [2.05, 4.69) is 4.98 Å². The van der Waals surface area contributed by atoms with Crippen molar-refractivity contribution >= 4 is 28.8 Å². The fraction of sp³-hybridized carbons (Fsp3) is 0.200. The number of amides is 1. The van der Waals surface area contributed by atoms with Gasteiger partial charge < -0.3 is 9.64 Å². The zero-order chi connectivity index (χ0) is 19.4. The highest BCUT2D eigenvalue weighted by Gasteiger charge is 2.15. The van der Waals surface area contributed by atoms with Gasteiger partial charge >= 0.3 is 0 Å². The molecule has 27 heavy (non-hydrogen) atoms. The molecule has 0 N–H and O–H groups in total. The molecule has 3 aromatic rings. The van der Waals surface area contributed by atoms with Crippen LogP contribution >= 0.6 is 22.9 Å². The second-order valence-corrected chi connectivity index (χ2v) is 7.14. The average Bonchev–Trinajstić information content (AvgIpc) is 3.17. The molecule has 1 amide bonds. The number of nitrogens with zero attached hydrogens (tertiary/aromatic N) is 2. The maximum absolute atomic E-state index is 13.8. The highest BCUT2D eigenvalue weighted by Crippen LogP contribution is 2.27. The van der Waals surface area contributed by atoms with Gasteiger partial charge in [0.2, 0.25) is 0 Å². The summed E-state index contributed by atoms with van der Waals surface area (Å²) in [6.07, 6.45) is 0. The smallest absolute Gasteiger partial charge is 0.273 e. The fourth-order valence-electron chi connectivity index (χ4n) is 2.36. The molecule has 0 spiro atoms. The minimum Gasteiger partial charge on any atom is -0.489 e. The largest absolute Gasteiger partial charge is 0.489 e. The third-order valence-electron chi connectivity index (χ3n) is 4.09. The number of carbonyl (C=O) groups is 1. The Morgan fingerprint density at radius 1 is 1.26 bits per heavy atom. The minimum atomic E-state index is -0.392. The molecule has 2 aromatic carbocycles. The van der Waals surface area contributed by atoms with Crippen molar-refractivity contribution in [2.45, 2.75) is 13.5 Å². The lowest BCUT2D eigenvalue weighted by Crippen LogP contribution is -2.26. The number of rotatable bonds is 6. The molecule has 0 saturated carbocycles. The summed E-state index contributed by atoms with van der Waals surface area (Å²) in [5.41, 5.74) is 1.65. The first kappa shape index (κ1) is 19.3. The van der Waals surface area contributed by atoms with Gasteiger partial charge in [0.05, 0.1) is 5.02 Å². The van der Waals surface area contributed by atoms with Gasteiger partial charge in [-0.15, -0.1) is 11.3 Å². The highest BCUT2D eigenvalue weighted by molar-refractivity contribution is 7.13. The molecule has 7 heteroatoms. The molecule has 0 atom stereocenters. The summed E-state index contributed by atoms with van der Waals surface area (Å²) in [4.78, 5) is 18.2. The number of hydrogen-bond acceptors (Lipinski definition) is 4. The van der Waals surface area contributed by atoms with E-state index in [9.17, 15) is 9.18 Å². The molecule has 0 saturated heterocycles. The zero-order valence-electron chi connectivity index (χ0n) is 14.9. The first-order chi connectivity index (χ1) is 13.0. The van der Waals surface area contributed by atoms with Gasteiger partial charge in [-0.3, -0.25) is 4.79 Å². The molecule has 1 heterocycles. The second kappa shape index (κ2) is 8.50. The van der Waals surface area contributed by atoms with E-state index in [0.29, 0.717) is 28.6 Å². The Morgan fingerprint density at radius 3 is 2.67 bits per heavy atom. The molecule has 0 fully saturated rings. The molecular formula is C20H18ClFN2O2S. The van der Waals surface area contributed by atoms with Gasteiger partial charge in [-0.2, -0.15) is 0 Å². The lowest BCUT2D eigenvalue weighted by molar-refractivity contribution is 0.0797. The summed E-state index contributed by atoms with van der Waals surface area (Å²) < 4.78 is 19.4. The normalized spacial score (nSPS) is 10.7. The van der Waals surface area contributed by atoms with Crippen molar-refractivity contribution in [3.8, 4) is 16.3 Å². The van der Waals surface area contributed by atoms with Crippen LogP contribution in [0.3, 0.4) is 0 Å². The van der Waals surface area contributed by atoms with Crippen molar-refractivity contribution < 1.29 is 13.9 Å². The van der Waals surface area contributed by atoms with Crippen molar-refractivity contribution in [2.24, 2.45) is 0 Å². The zero-order valence-corrected chi connectivity index (χ0v) is 16.5. The molecule has 4 nitrogen and oxygen atoms in total. The van der Waals surface area contributed by atoms with Crippen molar-refractivity contribution in [3.63, 3.8) is 0 Å². The number of aromatic nitrogens is 1. The third kappa shape index (κ3) is 4.46. The molecule has 0 bridgehead atoms. The molecule has 3 rings (SSSR count). The van der Waals surface area contributed by atoms with E-state index in [1.807, 2.05) is 19.1 Å². The van der Waals surface area contributed by atoms with Gasteiger partial charge in [-0.1, -0.05) is 17.7 Å². The van der Waals surface area contributed by atoms with Crippen LogP contribution in [-0.2, 0) is 6.61 Å². The van der Waals surface area contributed by atoms with Crippen LogP contribution in [0.2, 0.25) is 5.02 Å². The fourth-order valence-corrected chi connectivity index (χ4v) is 3.38. The summed E-state index contributed by atoms with van der Waals surface area (Å²) >= 11 is 7.42. The second-order valence-electron chi connectivity index (χ2n) is 5.87. The molecule has 1 aromatic heterocycles. The lowest BCUT2D eigenvalue weighted by atomic mass is 10.2. The van der Waals surface area contributed by atoms with Crippen LogP contribution in [0.25, 0.3) is 10.6 Å². The Labute approximate surface area is 166 Å². The monoisotopic (exact) mass is 404 g/mol. The number of halogens is 2. The maximum atomic E-state index is 13.8. The van der Waals surface area contributed by atoms with E-state index in [1.165, 1.54) is 17.4 Å². The standard InChI is InChI=1S/C20H18ClFN2O2S/c1-3-24(2)20(25)18-12-27-19(23-18)13-7-9-14(10-8-13)26-11-15-16(21)5-4-6-17(15)22/h4-10,12H,3,11H2,1-2H3. The maximum Gasteiger partial charge on any atom is 0.273 e. The van der Waals surface area contributed by atoms with Crippen LogP contribution in [-0.4, -0.2) is 29.4 Å². The van der Waals surface area contributed by atoms with Crippen molar-refractivity contribution in [3.05, 3.63) is 69.9 Å². The Kier molecular flexibility index (Phi) is 6.08. The van der Waals surface area contributed by atoms with Gasteiger partial charge in [0, 0.05) is 30.1 Å². The van der Waals surface area contributed by atoms with Gasteiger partial charge in [0.25, 0.3) is 5.91 Å². The number of hydrogen-bond donors (Lipinski definition) is 0. The number of carbonyl (C=O) groups excluding carboxylic acids is 1. The van der Waals surface area contributed by atoms with Gasteiger partial charge in [-0.05, 0) is 43.3 Å². The van der Waals surface area contributed by atoms with E-state index in [0.717, 1.165) is 10.6 Å². The van der Waals surface area contributed by atoms with Crippen molar-refractivity contribution in [1.82, 2.24) is 9.88 Å². The molecular weight excluding hydrogens is 387 g/mol. The average molecular weight is 405 g/mol. The molecule has 0 aliphatic rings. The quantitative estimate of drug-likeness (QED) is 0.561. The molecule has 0 aliphatic heterocycles. The molecule has 0 radical (unpaired) electrons. The Balaban J connectivity index is 1.69. The topological polar surface area (TPSA) is 42.4 Å².